The van der Waals surface area contributed by atoms with Gasteiger partial charge in [-0.25, -0.2) is 0 Å². The van der Waals surface area contributed by atoms with E-state index < -0.39 is 0 Å². The van der Waals surface area contributed by atoms with E-state index in [4.69, 9.17) is 0 Å². The van der Waals surface area contributed by atoms with Crippen molar-refractivity contribution < 1.29 is 0 Å². The van der Waals surface area contributed by atoms with Crippen molar-refractivity contribution in [2.45, 2.75) is 13.5 Å². The molecule has 2 heterocycles. The molecular formula is C11H14N4. The SMILES string of the molecule is Cc1ccncc1NCc1cnn(C)c1. The molecule has 78 valence electrons. The van der Waals surface area contributed by atoms with Gasteiger partial charge in [0, 0.05) is 31.5 Å². The predicted molar refractivity (Wildman–Crippen MR) is 59.5 cm³/mol. The van der Waals surface area contributed by atoms with Gasteiger partial charge in [0.15, 0.2) is 0 Å². The Labute approximate surface area is 89.0 Å². The van der Waals surface area contributed by atoms with Crippen LogP contribution in [0.4, 0.5) is 5.69 Å². The molecule has 0 aliphatic rings. The molecule has 15 heavy (non-hydrogen) atoms. The Hall–Kier alpha value is -1.84. The van der Waals surface area contributed by atoms with E-state index in [2.05, 4.69) is 22.3 Å². The van der Waals surface area contributed by atoms with Gasteiger partial charge in [-0.3, -0.25) is 9.67 Å². The van der Waals surface area contributed by atoms with Gasteiger partial charge in [0.1, 0.15) is 0 Å². The Bertz CT molecular complexity index is 447. The molecule has 0 amide bonds. The van der Waals surface area contributed by atoms with Crippen LogP contribution in [0.3, 0.4) is 0 Å². The maximum absolute atomic E-state index is 4.11. The van der Waals surface area contributed by atoms with E-state index in [0.717, 1.165) is 12.2 Å². The Morgan fingerprint density at radius 2 is 2.27 bits per heavy atom. The van der Waals surface area contributed by atoms with Crippen molar-refractivity contribution in [1.29, 1.82) is 0 Å². The fourth-order valence-corrected chi connectivity index (χ4v) is 1.41. The lowest BCUT2D eigenvalue weighted by Crippen LogP contribution is -2.00. The van der Waals surface area contributed by atoms with Crippen molar-refractivity contribution in [1.82, 2.24) is 14.8 Å². The van der Waals surface area contributed by atoms with Gasteiger partial charge < -0.3 is 5.32 Å². The molecule has 2 rings (SSSR count). The highest BCUT2D eigenvalue weighted by atomic mass is 15.2. The highest BCUT2D eigenvalue weighted by Crippen LogP contribution is 2.12. The van der Waals surface area contributed by atoms with Gasteiger partial charge in [0.05, 0.1) is 18.1 Å². The summed E-state index contributed by atoms with van der Waals surface area (Å²) in [7, 11) is 1.92. The maximum Gasteiger partial charge on any atom is 0.0559 e. The van der Waals surface area contributed by atoms with E-state index in [0.29, 0.717) is 0 Å². The Morgan fingerprint density at radius 3 is 2.93 bits per heavy atom. The normalized spacial score (nSPS) is 10.3. The van der Waals surface area contributed by atoms with Crippen molar-refractivity contribution >= 4 is 5.69 Å². The average molecular weight is 202 g/mol. The van der Waals surface area contributed by atoms with Crippen LogP contribution in [0.1, 0.15) is 11.1 Å². The molecule has 4 nitrogen and oxygen atoms in total. The van der Waals surface area contributed by atoms with Crippen LogP contribution in [0.2, 0.25) is 0 Å². The summed E-state index contributed by atoms with van der Waals surface area (Å²) >= 11 is 0. The number of hydrogen-bond donors (Lipinski definition) is 1. The van der Waals surface area contributed by atoms with Crippen LogP contribution >= 0.6 is 0 Å². The van der Waals surface area contributed by atoms with Gasteiger partial charge in [-0.15, -0.1) is 0 Å². The standard InChI is InChI=1S/C11H14N4/c1-9-3-4-12-7-11(9)13-5-10-6-14-15(2)8-10/h3-4,6-8,13H,5H2,1-2H3. The van der Waals surface area contributed by atoms with Crippen LogP contribution in [0.15, 0.2) is 30.9 Å². The van der Waals surface area contributed by atoms with Gasteiger partial charge in [0.25, 0.3) is 0 Å². The highest BCUT2D eigenvalue weighted by Gasteiger charge is 1.98. The van der Waals surface area contributed by atoms with Crippen molar-refractivity contribution in [2.24, 2.45) is 7.05 Å². The summed E-state index contributed by atoms with van der Waals surface area (Å²) in [6.45, 7) is 2.84. The number of anilines is 1. The topological polar surface area (TPSA) is 42.7 Å². The number of nitrogens with one attached hydrogen (secondary N) is 1. The number of hydrogen-bond acceptors (Lipinski definition) is 3. The summed E-state index contributed by atoms with van der Waals surface area (Å²) < 4.78 is 1.80. The molecule has 0 aliphatic carbocycles. The Kier molecular flexibility index (Phi) is 2.67. The summed E-state index contributed by atoms with van der Waals surface area (Å²) in [6.07, 6.45) is 7.49. The minimum atomic E-state index is 0.778. The zero-order valence-corrected chi connectivity index (χ0v) is 8.94. The number of pyridine rings is 1. The summed E-state index contributed by atoms with van der Waals surface area (Å²) in [6, 6.07) is 1.99. The van der Waals surface area contributed by atoms with E-state index >= 15 is 0 Å². The molecule has 0 spiro atoms. The predicted octanol–water partition coefficient (Wildman–Crippen LogP) is 1.74. The largest absolute Gasteiger partial charge is 0.379 e. The van der Waals surface area contributed by atoms with Crippen LogP contribution in [0, 0.1) is 6.92 Å². The van der Waals surface area contributed by atoms with Gasteiger partial charge in [0.2, 0.25) is 0 Å². The summed E-state index contributed by atoms with van der Waals surface area (Å²) in [5, 5.41) is 7.44. The molecular weight excluding hydrogens is 188 g/mol. The molecule has 1 N–H and O–H groups in total. The Balaban J connectivity index is 2.02. The first-order chi connectivity index (χ1) is 7.25. The smallest absolute Gasteiger partial charge is 0.0559 e. The van der Waals surface area contributed by atoms with E-state index in [9.17, 15) is 0 Å². The molecule has 0 saturated heterocycles. The molecule has 0 saturated carbocycles. The van der Waals surface area contributed by atoms with Gasteiger partial charge >= 0.3 is 0 Å². The summed E-state index contributed by atoms with van der Waals surface area (Å²) in [4.78, 5) is 4.08. The molecule has 4 heteroatoms. The third-order valence-corrected chi connectivity index (χ3v) is 2.28. The number of aromatic nitrogens is 3. The first kappa shape index (κ1) is 9.71. The second kappa shape index (κ2) is 4.13. The summed E-state index contributed by atoms with van der Waals surface area (Å²) in [5.41, 5.74) is 3.44. The molecule has 0 fully saturated rings. The van der Waals surface area contributed by atoms with Crippen LogP contribution in [0.5, 0.6) is 0 Å². The van der Waals surface area contributed by atoms with Gasteiger partial charge in [-0.2, -0.15) is 5.10 Å². The average Bonchev–Trinajstić information content (AvgIpc) is 2.63. The lowest BCUT2D eigenvalue weighted by atomic mass is 10.2. The second-order valence-electron chi connectivity index (χ2n) is 3.57. The van der Waals surface area contributed by atoms with Crippen LogP contribution in [-0.2, 0) is 13.6 Å². The first-order valence-electron chi connectivity index (χ1n) is 4.88. The van der Waals surface area contributed by atoms with Crippen molar-refractivity contribution in [2.75, 3.05) is 5.32 Å². The zero-order chi connectivity index (χ0) is 10.7. The number of nitrogens with zero attached hydrogens (tertiary/aromatic N) is 3. The molecule has 0 aliphatic heterocycles. The number of rotatable bonds is 3. The molecule has 0 unspecified atom stereocenters. The molecule has 0 radical (unpaired) electrons. The van der Waals surface area contributed by atoms with Gasteiger partial charge in [-0.05, 0) is 18.6 Å². The first-order valence-corrected chi connectivity index (χ1v) is 4.88. The highest BCUT2D eigenvalue weighted by molar-refractivity contribution is 5.48. The fraction of sp³-hybridized carbons (Fsp3) is 0.273. The second-order valence-corrected chi connectivity index (χ2v) is 3.57. The third-order valence-electron chi connectivity index (χ3n) is 2.28. The van der Waals surface area contributed by atoms with E-state index in [1.165, 1.54) is 11.1 Å². The Morgan fingerprint density at radius 1 is 1.40 bits per heavy atom. The van der Waals surface area contributed by atoms with Crippen molar-refractivity contribution in [3.63, 3.8) is 0 Å². The zero-order valence-electron chi connectivity index (χ0n) is 8.94. The monoisotopic (exact) mass is 202 g/mol. The fourth-order valence-electron chi connectivity index (χ4n) is 1.41. The van der Waals surface area contributed by atoms with Gasteiger partial charge in [-0.1, -0.05) is 0 Å². The molecule has 2 aromatic heterocycles. The van der Waals surface area contributed by atoms with E-state index in [-0.39, 0.29) is 0 Å². The molecule has 2 aromatic rings. The lowest BCUT2D eigenvalue weighted by Gasteiger charge is -2.06. The van der Waals surface area contributed by atoms with Crippen molar-refractivity contribution in [3.8, 4) is 0 Å². The molecule has 0 bridgehead atoms. The van der Waals surface area contributed by atoms with Crippen molar-refractivity contribution in [3.05, 3.63) is 42.0 Å². The molecule has 0 atom stereocenters. The van der Waals surface area contributed by atoms with Crippen LogP contribution < -0.4 is 5.32 Å². The number of aryl methyl sites for hydroxylation is 2. The summed E-state index contributed by atoms with van der Waals surface area (Å²) in [5.74, 6) is 0. The van der Waals surface area contributed by atoms with E-state index in [1.807, 2.05) is 31.7 Å². The quantitative estimate of drug-likeness (QED) is 0.824. The van der Waals surface area contributed by atoms with Crippen LogP contribution in [-0.4, -0.2) is 14.8 Å². The minimum absolute atomic E-state index is 0.778. The van der Waals surface area contributed by atoms with E-state index in [1.54, 1.807) is 10.9 Å². The molecule has 0 aromatic carbocycles. The third kappa shape index (κ3) is 2.34. The van der Waals surface area contributed by atoms with Crippen LogP contribution in [0.25, 0.3) is 0 Å². The minimum Gasteiger partial charge on any atom is -0.379 e. The lowest BCUT2D eigenvalue weighted by molar-refractivity contribution is 0.767. The maximum atomic E-state index is 4.11.